The molecule has 6 heteroatoms. The van der Waals surface area contributed by atoms with Crippen molar-refractivity contribution < 1.29 is 4.79 Å². The van der Waals surface area contributed by atoms with Gasteiger partial charge in [-0.15, -0.1) is 10.2 Å². The van der Waals surface area contributed by atoms with E-state index in [-0.39, 0.29) is 5.91 Å². The van der Waals surface area contributed by atoms with Gasteiger partial charge < -0.3 is 10.6 Å². The van der Waals surface area contributed by atoms with Gasteiger partial charge >= 0.3 is 0 Å². The van der Waals surface area contributed by atoms with Crippen LogP contribution in [0.25, 0.3) is 0 Å². The number of benzene rings is 1. The van der Waals surface area contributed by atoms with Gasteiger partial charge in [-0.3, -0.25) is 4.79 Å². The number of hydrogen-bond donors (Lipinski definition) is 2. The predicted molar refractivity (Wildman–Crippen MR) is 71.1 cm³/mol. The van der Waals surface area contributed by atoms with Crippen molar-refractivity contribution in [1.29, 1.82) is 0 Å². The Balaban J connectivity index is 2.06. The van der Waals surface area contributed by atoms with Gasteiger partial charge in [-0.25, -0.2) is 0 Å². The Morgan fingerprint density at radius 2 is 1.67 bits per heavy atom. The summed E-state index contributed by atoms with van der Waals surface area (Å²) in [5.74, 6) is 0.832. The van der Waals surface area contributed by atoms with E-state index in [2.05, 4.69) is 20.8 Å². The van der Waals surface area contributed by atoms with Crippen molar-refractivity contribution in [2.45, 2.75) is 6.92 Å². The zero-order valence-corrected chi connectivity index (χ0v) is 10.4. The quantitative estimate of drug-likeness (QED) is 0.893. The Labute approximate surface area is 109 Å². The number of halogens is 1. The summed E-state index contributed by atoms with van der Waals surface area (Å²) < 4.78 is 0. The van der Waals surface area contributed by atoms with Gasteiger partial charge in [0.25, 0.3) is 0 Å². The van der Waals surface area contributed by atoms with Crippen LogP contribution in [-0.4, -0.2) is 16.1 Å². The van der Waals surface area contributed by atoms with E-state index in [4.69, 9.17) is 11.6 Å². The minimum absolute atomic E-state index is 0.178. The fraction of sp³-hybridized carbons (Fsp3) is 0.0833. The molecule has 1 aromatic carbocycles. The van der Waals surface area contributed by atoms with Crippen LogP contribution in [0.2, 0.25) is 5.02 Å². The topological polar surface area (TPSA) is 66.9 Å². The second-order valence-corrected chi connectivity index (χ2v) is 4.05. The summed E-state index contributed by atoms with van der Waals surface area (Å²) in [7, 11) is 0. The molecule has 0 fully saturated rings. The minimum Gasteiger partial charge on any atom is -0.339 e. The summed E-state index contributed by atoms with van der Waals surface area (Å²) in [6, 6.07) is 10.6. The van der Waals surface area contributed by atoms with E-state index in [1.807, 2.05) is 12.1 Å². The molecule has 1 heterocycles. The Morgan fingerprint density at radius 1 is 1.06 bits per heavy atom. The lowest BCUT2D eigenvalue weighted by atomic mass is 10.3. The van der Waals surface area contributed by atoms with E-state index in [9.17, 15) is 4.79 Å². The summed E-state index contributed by atoms with van der Waals surface area (Å²) in [5, 5.41) is 14.1. The van der Waals surface area contributed by atoms with Crippen molar-refractivity contribution in [3.8, 4) is 0 Å². The number of anilines is 3. The lowest BCUT2D eigenvalue weighted by molar-refractivity contribution is -0.114. The molecular weight excluding hydrogens is 252 g/mol. The molecule has 0 saturated carbocycles. The lowest BCUT2D eigenvalue weighted by Gasteiger charge is -2.05. The number of nitrogens with one attached hydrogen (secondary N) is 2. The molecule has 0 atom stereocenters. The van der Waals surface area contributed by atoms with Gasteiger partial charge in [0.05, 0.1) is 0 Å². The summed E-state index contributed by atoms with van der Waals surface area (Å²) in [6.45, 7) is 1.42. The summed E-state index contributed by atoms with van der Waals surface area (Å²) in [6.07, 6.45) is 0. The summed E-state index contributed by atoms with van der Waals surface area (Å²) in [5.41, 5.74) is 0.862. The highest BCUT2D eigenvalue weighted by Crippen LogP contribution is 2.17. The zero-order valence-electron chi connectivity index (χ0n) is 9.64. The summed E-state index contributed by atoms with van der Waals surface area (Å²) in [4.78, 5) is 10.8. The van der Waals surface area contributed by atoms with Crippen molar-refractivity contribution in [1.82, 2.24) is 10.2 Å². The van der Waals surface area contributed by atoms with Crippen LogP contribution in [0.4, 0.5) is 17.3 Å². The number of amides is 1. The van der Waals surface area contributed by atoms with E-state index in [1.165, 1.54) is 6.92 Å². The van der Waals surface area contributed by atoms with Crippen LogP contribution in [0.3, 0.4) is 0 Å². The van der Waals surface area contributed by atoms with Crippen LogP contribution in [-0.2, 0) is 4.79 Å². The highest BCUT2D eigenvalue weighted by molar-refractivity contribution is 6.30. The molecule has 1 aromatic heterocycles. The van der Waals surface area contributed by atoms with E-state index < -0.39 is 0 Å². The van der Waals surface area contributed by atoms with Gasteiger partial charge in [0, 0.05) is 17.6 Å². The molecule has 1 amide bonds. The maximum absolute atomic E-state index is 10.8. The van der Waals surface area contributed by atoms with Crippen molar-refractivity contribution in [3.05, 3.63) is 41.4 Å². The van der Waals surface area contributed by atoms with E-state index in [0.717, 1.165) is 5.69 Å². The lowest BCUT2D eigenvalue weighted by Crippen LogP contribution is -2.08. The monoisotopic (exact) mass is 262 g/mol. The average Bonchev–Trinajstić information content (AvgIpc) is 2.34. The molecule has 0 spiro atoms. The minimum atomic E-state index is -0.178. The second kappa shape index (κ2) is 5.46. The van der Waals surface area contributed by atoms with Crippen molar-refractivity contribution in [2.24, 2.45) is 0 Å². The maximum Gasteiger partial charge on any atom is 0.222 e. The molecule has 18 heavy (non-hydrogen) atoms. The molecule has 2 rings (SSSR count). The molecule has 0 unspecified atom stereocenters. The first-order valence-corrected chi connectivity index (χ1v) is 5.65. The smallest absolute Gasteiger partial charge is 0.222 e. The Hall–Kier alpha value is -2.14. The van der Waals surface area contributed by atoms with E-state index in [1.54, 1.807) is 24.3 Å². The van der Waals surface area contributed by atoms with Gasteiger partial charge in [0.1, 0.15) is 0 Å². The first-order valence-electron chi connectivity index (χ1n) is 5.27. The molecule has 0 radical (unpaired) electrons. The van der Waals surface area contributed by atoms with E-state index >= 15 is 0 Å². The highest BCUT2D eigenvalue weighted by Gasteiger charge is 2.00. The molecule has 0 saturated heterocycles. The third kappa shape index (κ3) is 3.43. The first-order chi connectivity index (χ1) is 8.63. The maximum atomic E-state index is 10.8. The van der Waals surface area contributed by atoms with Crippen molar-refractivity contribution >= 4 is 34.8 Å². The van der Waals surface area contributed by atoms with Crippen LogP contribution in [0, 0.1) is 0 Å². The highest BCUT2D eigenvalue weighted by atomic mass is 35.5. The Morgan fingerprint density at radius 3 is 2.22 bits per heavy atom. The number of hydrogen-bond acceptors (Lipinski definition) is 4. The van der Waals surface area contributed by atoms with Gasteiger partial charge in [0.2, 0.25) is 5.91 Å². The van der Waals surface area contributed by atoms with Crippen molar-refractivity contribution in [3.63, 3.8) is 0 Å². The Bertz CT molecular complexity index is 539. The molecule has 0 aliphatic carbocycles. The zero-order chi connectivity index (χ0) is 13.0. The second-order valence-electron chi connectivity index (χ2n) is 3.62. The van der Waals surface area contributed by atoms with Crippen molar-refractivity contribution in [2.75, 3.05) is 10.6 Å². The third-order valence-electron chi connectivity index (χ3n) is 2.09. The van der Waals surface area contributed by atoms with Crippen LogP contribution >= 0.6 is 11.6 Å². The fourth-order valence-corrected chi connectivity index (χ4v) is 1.45. The first kappa shape index (κ1) is 12.3. The van der Waals surface area contributed by atoms with Gasteiger partial charge in [-0.05, 0) is 36.4 Å². The normalized spacial score (nSPS) is 9.89. The molecule has 5 nitrogen and oxygen atoms in total. The standard InChI is InChI=1S/C12H11ClN4O/c1-8(18)14-11-6-7-12(17-16-11)15-10-4-2-9(13)3-5-10/h2-7H,1H3,(H,15,17)(H,14,16,18). The van der Waals surface area contributed by atoms with E-state index in [0.29, 0.717) is 16.7 Å². The summed E-state index contributed by atoms with van der Waals surface area (Å²) >= 11 is 5.79. The Kier molecular flexibility index (Phi) is 3.74. The van der Waals surface area contributed by atoms with Crippen LogP contribution in [0.5, 0.6) is 0 Å². The molecule has 92 valence electrons. The van der Waals surface area contributed by atoms with Crippen LogP contribution < -0.4 is 10.6 Å². The number of aromatic nitrogens is 2. The predicted octanol–water partition coefficient (Wildman–Crippen LogP) is 2.83. The molecule has 2 aromatic rings. The molecule has 2 N–H and O–H groups in total. The number of nitrogens with zero attached hydrogens (tertiary/aromatic N) is 2. The SMILES string of the molecule is CC(=O)Nc1ccc(Nc2ccc(Cl)cc2)nn1. The molecule has 0 bridgehead atoms. The number of carbonyl (C=O) groups is 1. The fourth-order valence-electron chi connectivity index (χ4n) is 1.33. The average molecular weight is 263 g/mol. The van der Waals surface area contributed by atoms with Crippen LogP contribution in [0.15, 0.2) is 36.4 Å². The number of rotatable bonds is 3. The number of carbonyl (C=O) groups excluding carboxylic acids is 1. The van der Waals surface area contributed by atoms with Gasteiger partial charge in [-0.2, -0.15) is 0 Å². The molecule has 0 aliphatic rings. The third-order valence-corrected chi connectivity index (χ3v) is 2.34. The van der Waals surface area contributed by atoms with Gasteiger partial charge in [0.15, 0.2) is 11.6 Å². The molecular formula is C12H11ClN4O. The van der Waals surface area contributed by atoms with Gasteiger partial charge in [-0.1, -0.05) is 11.6 Å². The largest absolute Gasteiger partial charge is 0.339 e. The molecule has 0 aliphatic heterocycles. The van der Waals surface area contributed by atoms with Crippen LogP contribution in [0.1, 0.15) is 6.92 Å².